The Hall–Kier alpha value is -4.28. The molecule has 3 amide bonds. The number of nitrogens with one attached hydrogen (secondary N) is 3. The van der Waals surface area contributed by atoms with Gasteiger partial charge in [0, 0.05) is 47.7 Å². The number of unbranched alkanes of at least 4 members (excludes halogenated alkanes) is 1. The lowest BCUT2D eigenvalue weighted by molar-refractivity contribution is 0.0477. The summed E-state index contributed by atoms with van der Waals surface area (Å²) in [5.74, 6) is 2.11. The number of carbonyl (C=O) groups excluding carboxylic acids is 2. The fourth-order valence-electron chi connectivity index (χ4n) is 6.58. The maximum Gasteiger partial charge on any atom is 0.319 e. The van der Waals surface area contributed by atoms with E-state index in [9.17, 15) is 9.59 Å². The van der Waals surface area contributed by atoms with Crippen molar-refractivity contribution in [1.82, 2.24) is 10.2 Å². The number of aliphatic hydroxyl groups is 1. The zero-order valence-electron chi connectivity index (χ0n) is 27.7. The molecule has 0 spiro atoms. The second-order valence-corrected chi connectivity index (χ2v) is 12.3. The number of aliphatic hydroxyl groups excluding tert-OH is 1. The number of rotatable bonds is 15. The SMILES string of the molecule is CCC(CC)NC(=O)Nc1ccc(Oc2ccc(NC(=O)c3ccc(OC4CC5CCC(C4)N5CCCCO)cc3)cc2)c(OC)c1. The Balaban J connectivity index is 1.10. The van der Waals surface area contributed by atoms with Gasteiger partial charge in [-0.15, -0.1) is 0 Å². The van der Waals surface area contributed by atoms with Crippen LogP contribution in [0, 0.1) is 0 Å². The number of methoxy groups -OCH3 is 1. The molecule has 2 atom stereocenters. The van der Waals surface area contributed by atoms with Gasteiger partial charge in [-0.25, -0.2) is 4.79 Å². The van der Waals surface area contributed by atoms with Crippen molar-refractivity contribution < 1.29 is 28.9 Å². The van der Waals surface area contributed by atoms with E-state index in [0.29, 0.717) is 46.3 Å². The summed E-state index contributed by atoms with van der Waals surface area (Å²) in [5.41, 5.74) is 1.77. The van der Waals surface area contributed by atoms with E-state index in [1.807, 2.05) is 26.0 Å². The number of piperidine rings is 1. The van der Waals surface area contributed by atoms with E-state index in [1.54, 1.807) is 61.7 Å². The summed E-state index contributed by atoms with van der Waals surface area (Å²) in [4.78, 5) is 27.9. The molecule has 0 aliphatic carbocycles. The minimum absolute atomic E-state index is 0.121. The largest absolute Gasteiger partial charge is 0.493 e. The third kappa shape index (κ3) is 9.17. The lowest BCUT2D eigenvalue weighted by Gasteiger charge is -2.39. The maximum absolute atomic E-state index is 13.0. The Bertz CT molecular complexity index is 1450. The number of hydrogen-bond donors (Lipinski definition) is 4. The molecule has 3 aromatic carbocycles. The molecule has 2 saturated heterocycles. The van der Waals surface area contributed by atoms with Crippen molar-refractivity contribution in [1.29, 1.82) is 0 Å². The van der Waals surface area contributed by atoms with Crippen molar-refractivity contribution in [3.8, 4) is 23.0 Å². The molecule has 0 aromatic heterocycles. The van der Waals surface area contributed by atoms with Crippen molar-refractivity contribution in [3.05, 3.63) is 72.3 Å². The summed E-state index contributed by atoms with van der Waals surface area (Å²) < 4.78 is 17.9. The molecular weight excluding hydrogens is 596 g/mol. The number of carbonyl (C=O) groups is 2. The summed E-state index contributed by atoms with van der Waals surface area (Å²) in [7, 11) is 1.54. The van der Waals surface area contributed by atoms with Crippen LogP contribution in [0.2, 0.25) is 0 Å². The van der Waals surface area contributed by atoms with Crippen LogP contribution in [0.15, 0.2) is 66.7 Å². The number of benzene rings is 3. The zero-order chi connectivity index (χ0) is 33.2. The van der Waals surface area contributed by atoms with E-state index in [1.165, 1.54) is 12.8 Å². The van der Waals surface area contributed by atoms with E-state index in [4.69, 9.17) is 19.3 Å². The molecule has 47 heavy (non-hydrogen) atoms. The van der Waals surface area contributed by atoms with Crippen LogP contribution in [0.25, 0.3) is 0 Å². The van der Waals surface area contributed by atoms with Gasteiger partial charge in [-0.1, -0.05) is 13.8 Å². The molecule has 0 saturated carbocycles. The van der Waals surface area contributed by atoms with E-state index in [-0.39, 0.29) is 30.7 Å². The lowest BCUT2D eigenvalue weighted by Crippen LogP contribution is -2.46. The summed E-state index contributed by atoms with van der Waals surface area (Å²) in [6.07, 6.45) is 8.28. The van der Waals surface area contributed by atoms with Gasteiger partial charge in [0.05, 0.1) is 7.11 Å². The first-order valence-electron chi connectivity index (χ1n) is 16.9. The molecule has 2 bridgehead atoms. The van der Waals surface area contributed by atoms with E-state index in [0.717, 1.165) is 50.8 Å². The quantitative estimate of drug-likeness (QED) is 0.129. The van der Waals surface area contributed by atoms with Crippen LogP contribution >= 0.6 is 0 Å². The summed E-state index contributed by atoms with van der Waals surface area (Å²) in [5, 5.41) is 17.8. The minimum Gasteiger partial charge on any atom is -0.493 e. The van der Waals surface area contributed by atoms with Gasteiger partial charge in [0.1, 0.15) is 17.6 Å². The van der Waals surface area contributed by atoms with E-state index < -0.39 is 0 Å². The molecule has 2 fully saturated rings. The zero-order valence-corrected chi connectivity index (χ0v) is 27.7. The average Bonchev–Trinajstić information content (AvgIpc) is 3.32. The van der Waals surface area contributed by atoms with Crippen LogP contribution in [0.5, 0.6) is 23.0 Å². The van der Waals surface area contributed by atoms with Crippen LogP contribution in [0.1, 0.15) is 75.6 Å². The summed E-state index contributed by atoms with van der Waals surface area (Å²) >= 11 is 0. The predicted molar refractivity (Wildman–Crippen MR) is 184 cm³/mol. The first kappa shape index (κ1) is 34.1. The number of ether oxygens (including phenoxy) is 3. The molecule has 5 rings (SSSR count). The Morgan fingerprint density at radius 2 is 1.51 bits per heavy atom. The van der Waals surface area contributed by atoms with Crippen LogP contribution < -0.4 is 30.2 Å². The van der Waals surface area contributed by atoms with Gasteiger partial charge >= 0.3 is 6.03 Å². The third-order valence-corrected chi connectivity index (χ3v) is 9.17. The Labute approximate surface area is 277 Å². The number of urea groups is 1. The highest BCUT2D eigenvalue weighted by atomic mass is 16.5. The first-order valence-corrected chi connectivity index (χ1v) is 16.9. The van der Waals surface area contributed by atoms with Crippen LogP contribution in [0.4, 0.5) is 16.2 Å². The lowest BCUT2D eigenvalue weighted by atomic mass is 9.99. The Morgan fingerprint density at radius 3 is 2.15 bits per heavy atom. The maximum atomic E-state index is 13.0. The van der Waals surface area contributed by atoms with Crippen molar-refractivity contribution in [3.63, 3.8) is 0 Å². The molecule has 252 valence electrons. The van der Waals surface area contributed by atoms with Gasteiger partial charge < -0.3 is 35.3 Å². The minimum atomic E-state index is -0.263. The Kier molecular flexibility index (Phi) is 12.0. The van der Waals surface area contributed by atoms with E-state index in [2.05, 4.69) is 20.9 Å². The summed E-state index contributed by atoms with van der Waals surface area (Å²) in [6.45, 7) is 5.40. The third-order valence-electron chi connectivity index (χ3n) is 9.17. The molecular formula is C37H48N4O6. The Morgan fingerprint density at radius 1 is 0.851 bits per heavy atom. The van der Waals surface area contributed by atoms with E-state index >= 15 is 0 Å². The second kappa shape index (κ2) is 16.5. The van der Waals surface area contributed by atoms with Crippen LogP contribution in [-0.2, 0) is 0 Å². The molecule has 2 aliphatic heterocycles. The highest BCUT2D eigenvalue weighted by molar-refractivity contribution is 6.04. The van der Waals surface area contributed by atoms with Gasteiger partial charge in [0.15, 0.2) is 11.5 Å². The van der Waals surface area contributed by atoms with Crippen molar-refractivity contribution >= 4 is 23.3 Å². The van der Waals surface area contributed by atoms with Gasteiger partial charge in [-0.3, -0.25) is 9.69 Å². The first-order chi connectivity index (χ1) is 22.9. The molecule has 0 radical (unpaired) electrons. The smallest absolute Gasteiger partial charge is 0.319 e. The topological polar surface area (TPSA) is 121 Å². The summed E-state index contributed by atoms with van der Waals surface area (Å²) in [6, 6.07) is 20.6. The van der Waals surface area contributed by atoms with Crippen LogP contribution in [-0.4, -0.2) is 66.4 Å². The monoisotopic (exact) mass is 644 g/mol. The molecule has 10 heteroatoms. The molecule has 4 N–H and O–H groups in total. The van der Waals surface area contributed by atoms with Gasteiger partial charge in [0.2, 0.25) is 0 Å². The van der Waals surface area contributed by atoms with Crippen LogP contribution in [0.3, 0.4) is 0 Å². The molecule has 2 unspecified atom stereocenters. The molecule has 10 nitrogen and oxygen atoms in total. The molecule has 3 aromatic rings. The molecule has 2 heterocycles. The number of anilines is 2. The van der Waals surface area contributed by atoms with Gasteiger partial charge in [0.25, 0.3) is 5.91 Å². The second-order valence-electron chi connectivity index (χ2n) is 12.3. The van der Waals surface area contributed by atoms with Crippen molar-refractivity contribution in [2.24, 2.45) is 0 Å². The number of nitrogens with zero attached hydrogens (tertiary/aromatic N) is 1. The molecule has 2 aliphatic rings. The fraction of sp³-hybridized carbons (Fsp3) is 0.459. The highest BCUT2D eigenvalue weighted by Gasteiger charge is 2.41. The van der Waals surface area contributed by atoms with Crippen molar-refractivity contribution in [2.75, 3.05) is 30.9 Å². The normalized spacial score (nSPS) is 18.9. The highest BCUT2D eigenvalue weighted by Crippen LogP contribution is 2.38. The predicted octanol–water partition coefficient (Wildman–Crippen LogP) is 7.20. The average molecular weight is 645 g/mol. The van der Waals surface area contributed by atoms with Gasteiger partial charge in [-0.05, 0) is 119 Å². The fourth-order valence-corrected chi connectivity index (χ4v) is 6.58. The number of amides is 3. The van der Waals surface area contributed by atoms with Gasteiger partial charge in [-0.2, -0.15) is 0 Å². The number of fused-ring (bicyclic) bond motifs is 2. The standard InChI is InChI=1S/C37H48N4O6/c1-4-26(5-2)39-37(44)40-28-12-19-34(35(22-28)45-3)47-32-17-10-27(11-18-32)38-36(43)25-8-15-31(16-9-25)46-33-23-29-13-14-30(24-33)41(29)20-6-7-21-42/h8-12,15-19,22,26,29-30,33,42H,4-7,13-14,20-21,23-24H2,1-3H3,(H,38,43)(H2,39,40,44). The number of hydrogen-bond acceptors (Lipinski definition) is 7. The van der Waals surface area contributed by atoms with Crippen molar-refractivity contribution in [2.45, 2.75) is 89.4 Å².